The van der Waals surface area contributed by atoms with Crippen LogP contribution in [0.1, 0.15) is 13.3 Å². The van der Waals surface area contributed by atoms with Crippen molar-refractivity contribution in [1.82, 2.24) is 0 Å². The van der Waals surface area contributed by atoms with Crippen LogP contribution in [0.3, 0.4) is 0 Å². The average molecular weight is 828 g/mol. The van der Waals surface area contributed by atoms with Gasteiger partial charge in [0, 0.05) is 6.42 Å². The Labute approximate surface area is 251 Å². The minimum absolute atomic E-state index is 0.114. The fourth-order valence-corrected chi connectivity index (χ4v) is 3.27. The van der Waals surface area contributed by atoms with Crippen molar-refractivity contribution in [2.24, 2.45) is 0 Å². The molecule has 0 amide bonds. The molecule has 2 atom stereocenters. The van der Waals surface area contributed by atoms with E-state index >= 15 is 0 Å². The van der Waals surface area contributed by atoms with E-state index in [1.54, 1.807) is 0 Å². The van der Waals surface area contributed by atoms with E-state index in [1.807, 2.05) is 0 Å². The second-order valence-electron chi connectivity index (χ2n) is 9.73. The molecule has 0 spiro atoms. The van der Waals surface area contributed by atoms with Crippen LogP contribution in [0.25, 0.3) is 0 Å². The molecule has 302 valence electrons. The van der Waals surface area contributed by atoms with Gasteiger partial charge in [-0.25, -0.2) is 4.39 Å². The Morgan fingerprint density at radius 2 is 0.500 bits per heavy atom. The van der Waals surface area contributed by atoms with Crippen molar-refractivity contribution < 1.29 is 141 Å². The van der Waals surface area contributed by atoms with E-state index < -0.39 is 102 Å². The molecule has 0 saturated carbocycles. The molecule has 0 aliphatic rings. The molecule has 0 aromatic carbocycles. The SMILES string of the molecule is CC(O)CC(F)(F)C(F)(F)C(F)(F)C(F)(F)C(F)(F)C(F)(F)C(F)(F)C(F)(F)C(F)(F)C(F)(F)C(F)(F)C(F)(C(F)(F)F)C(F)(F)C(F)(F)F. The van der Waals surface area contributed by atoms with Crippen LogP contribution in [0.5, 0.6) is 0 Å². The van der Waals surface area contributed by atoms with E-state index in [1.165, 1.54) is 0 Å². The Bertz CT molecular complexity index is 1220. The molecule has 0 aromatic heterocycles. The summed E-state index contributed by atoms with van der Waals surface area (Å²) >= 11 is 0. The summed E-state index contributed by atoms with van der Waals surface area (Å²) in [5.41, 5.74) is -9.81. The Balaban J connectivity index is 7.82. The van der Waals surface area contributed by atoms with Crippen LogP contribution in [0.2, 0.25) is 0 Å². The molecule has 32 heteroatoms. The third-order valence-corrected chi connectivity index (χ3v) is 6.17. The largest absolute Gasteiger partial charge is 0.457 e. The molecule has 0 fully saturated rings. The number of hydrogen-bond acceptors (Lipinski definition) is 1. The fourth-order valence-electron chi connectivity index (χ4n) is 3.27. The smallest absolute Gasteiger partial charge is 0.393 e. The lowest BCUT2D eigenvalue weighted by Crippen LogP contribution is -2.81. The van der Waals surface area contributed by atoms with E-state index in [0.717, 1.165) is 0 Å². The van der Waals surface area contributed by atoms with Crippen LogP contribution in [0.15, 0.2) is 0 Å². The molecule has 2 unspecified atom stereocenters. The lowest BCUT2D eigenvalue weighted by atomic mass is 9.79. The fraction of sp³-hybridized carbons (Fsp3) is 1.00. The Kier molecular flexibility index (Phi) is 11.1. The molecule has 0 rings (SSSR count). The quantitative estimate of drug-likeness (QED) is 0.173. The summed E-state index contributed by atoms with van der Waals surface area (Å²) in [7, 11) is 0. The summed E-state index contributed by atoms with van der Waals surface area (Å²) in [4.78, 5) is 0. The van der Waals surface area contributed by atoms with Crippen molar-refractivity contribution in [3.63, 3.8) is 0 Å². The lowest BCUT2D eigenvalue weighted by molar-refractivity contribution is -0.492. The van der Waals surface area contributed by atoms with Crippen molar-refractivity contribution in [3.05, 3.63) is 0 Å². The Hall–Kier alpha value is -2.21. The highest BCUT2D eigenvalue weighted by Crippen LogP contribution is 2.70. The molecule has 1 nitrogen and oxygen atoms in total. The standard InChI is InChI=1S/C18H7F31O/c1-3(50)2-4(19,20)6(22,23)9(28,29)11(32,33)13(36,37)15(40,41)16(42,43)14(38,39)12(34,35)10(30,31)7(24,25)5(21,17(44,45)46)8(26,27)18(47,48)49/h3,50H,2H2,1H3. The van der Waals surface area contributed by atoms with Gasteiger partial charge in [0.05, 0.1) is 6.10 Å². The van der Waals surface area contributed by atoms with Crippen LogP contribution in [0, 0.1) is 0 Å². The van der Waals surface area contributed by atoms with Gasteiger partial charge in [0.25, 0.3) is 0 Å². The van der Waals surface area contributed by atoms with E-state index in [0.29, 0.717) is 0 Å². The Morgan fingerprint density at radius 1 is 0.300 bits per heavy atom. The third kappa shape index (κ3) is 5.54. The maximum Gasteiger partial charge on any atom is 0.457 e. The number of halogens is 31. The predicted octanol–water partition coefficient (Wildman–Crippen LogP) is 10.2. The van der Waals surface area contributed by atoms with Crippen LogP contribution in [0.4, 0.5) is 136 Å². The van der Waals surface area contributed by atoms with Crippen molar-refractivity contribution in [2.75, 3.05) is 0 Å². The summed E-state index contributed by atoms with van der Waals surface area (Å²) in [6.45, 7) is -0.114. The molecule has 1 N–H and O–H groups in total. The number of aliphatic hydroxyl groups excluding tert-OH is 1. The summed E-state index contributed by atoms with van der Waals surface area (Å²) < 4.78 is 417. The van der Waals surface area contributed by atoms with Gasteiger partial charge in [-0.3, -0.25) is 0 Å². The minimum atomic E-state index is -10.2. The van der Waals surface area contributed by atoms with Gasteiger partial charge in [0.1, 0.15) is 0 Å². The van der Waals surface area contributed by atoms with E-state index in [2.05, 4.69) is 0 Å². The third-order valence-electron chi connectivity index (χ3n) is 6.17. The highest BCUT2D eigenvalue weighted by Gasteiger charge is 3.02. The molecule has 50 heavy (non-hydrogen) atoms. The summed E-state index contributed by atoms with van der Waals surface area (Å²) in [5.74, 6) is -114. The molecule has 0 saturated heterocycles. The maximum atomic E-state index is 13.9. The maximum absolute atomic E-state index is 13.9. The van der Waals surface area contributed by atoms with Crippen LogP contribution >= 0.6 is 0 Å². The van der Waals surface area contributed by atoms with Crippen molar-refractivity contribution >= 4 is 0 Å². The van der Waals surface area contributed by atoms with Crippen molar-refractivity contribution in [1.29, 1.82) is 0 Å². The molecule has 0 aliphatic carbocycles. The summed E-state index contributed by atoms with van der Waals surface area (Å²) in [6, 6.07) is 0. The number of hydrogen-bond donors (Lipinski definition) is 1. The first kappa shape index (κ1) is 47.8. The van der Waals surface area contributed by atoms with Gasteiger partial charge in [-0.1, -0.05) is 0 Å². The number of rotatable bonds is 14. The van der Waals surface area contributed by atoms with Crippen molar-refractivity contribution in [3.8, 4) is 0 Å². The topological polar surface area (TPSA) is 20.2 Å². The van der Waals surface area contributed by atoms with Gasteiger partial charge in [0.15, 0.2) is 0 Å². The zero-order valence-corrected chi connectivity index (χ0v) is 21.9. The monoisotopic (exact) mass is 828 g/mol. The molecule has 0 heterocycles. The van der Waals surface area contributed by atoms with Crippen LogP contribution in [-0.2, 0) is 0 Å². The normalized spacial score (nSPS) is 18.7. The van der Waals surface area contributed by atoms with Gasteiger partial charge in [-0.15, -0.1) is 0 Å². The molecule has 0 radical (unpaired) electrons. The van der Waals surface area contributed by atoms with Gasteiger partial charge in [-0.05, 0) is 6.92 Å². The second kappa shape index (κ2) is 11.6. The highest BCUT2D eigenvalue weighted by molar-refractivity contribution is 5.23. The molecular weight excluding hydrogens is 821 g/mol. The van der Waals surface area contributed by atoms with E-state index in [4.69, 9.17) is 5.11 Å². The van der Waals surface area contributed by atoms with Crippen LogP contribution < -0.4 is 0 Å². The number of alkyl halides is 31. The van der Waals surface area contributed by atoms with E-state index in [-0.39, 0.29) is 6.92 Å². The van der Waals surface area contributed by atoms with Crippen molar-refractivity contribution in [2.45, 2.75) is 109 Å². The molecule has 0 aliphatic heterocycles. The number of aliphatic hydroxyl groups is 1. The Morgan fingerprint density at radius 3 is 0.680 bits per heavy atom. The highest BCUT2D eigenvalue weighted by atomic mass is 19.4. The first-order valence-corrected chi connectivity index (χ1v) is 11.0. The summed E-state index contributed by atoms with van der Waals surface area (Å²) in [5, 5.41) is 8.52. The van der Waals surface area contributed by atoms with Gasteiger partial charge >= 0.3 is 89.1 Å². The molecular formula is C18H7F31O. The second-order valence-corrected chi connectivity index (χ2v) is 9.73. The lowest BCUT2D eigenvalue weighted by Gasteiger charge is -2.47. The van der Waals surface area contributed by atoms with Gasteiger partial charge in [0.2, 0.25) is 0 Å². The first-order valence-electron chi connectivity index (χ1n) is 11.0. The van der Waals surface area contributed by atoms with Crippen LogP contribution in [-0.4, -0.2) is 100 Å². The molecule has 0 bridgehead atoms. The average Bonchev–Trinajstić information content (AvgIpc) is 2.84. The summed E-state index contributed by atoms with van der Waals surface area (Å²) in [6.07, 6.45) is -24.2. The van der Waals surface area contributed by atoms with Gasteiger partial charge < -0.3 is 5.11 Å². The zero-order valence-electron chi connectivity index (χ0n) is 21.9. The van der Waals surface area contributed by atoms with E-state index in [9.17, 15) is 136 Å². The predicted molar refractivity (Wildman–Crippen MR) is 91.6 cm³/mol. The van der Waals surface area contributed by atoms with Gasteiger partial charge in [-0.2, -0.15) is 132 Å². The molecule has 0 aromatic rings. The zero-order chi connectivity index (χ0) is 41.8. The first-order chi connectivity index (χ1) is 20.9. The minimum Gasteiger partial charge on any atom is -0.393 e.